The van der Waals surface area contributed by atoms with E-state index < -0.39 is 6.04 Å². The van der Waals surface area contributed by atoms with Crippen molar-refractivity contribution in [2.45, 2.75) is 46.1 Å². The molecule has 0 saturated carbocycles. The lowest BCUT2D eigenvalue weighted by atomic mass is 10.0. The zero-order valence-electron chi connectivity index (χ0n) is 13.1. The number of hydrogen-bond donors (Lipinski definition) is 1. The van der Waals surface area contributed by atoms with E-state index in [1.807, 2.05) is 26.8 Å². The van der Waals surface area contributed by atoms with E-state index in [0.717, 1.165) is 12.8 Å². The average Bonchev–Trinajstić information content (AvgIpc) is 2.47. The number of hydrogen-bond acceptors (Lipinski definition) is 3. The maximum atomic E-state index is 12.2. The van der Waals surface area contributed by atoms with Gasteiger partial charge in [0.05, 0.1) is 6.61 Å². The molecule has 1 amide bonds. The van der Waals surface area contributed by atoms with Crippen molar-refractivity contribution in [1.82, 2.24) is 5.32 Å². The van der Waals surface area contributed by atoms with Gasteiger partial charge in [-0.2, -0.15) is 0 Å². The Bertz CT molecular complexity index is 443. The zero-order valence-corrected chi connectivity index (χ0v) is 13.1. The molecule has 1 atom stereocenters. The van der Waals surface area contributed by atoms with Gasteiger partial charge in [0.1, 0.15) is 6.04 Å². The third kappa shape index (κ3) is 6.43. The van der Waals surface area contributed by atoms with Crippen molar-refractivity contribution in [3.63, 3.8) is 0 Å². The van der Waals surface area contributed by atoms with Crippen LogP contribution in [0.15, 0.2) is 30.3 Å². The van der Waals surface area contributed by atoms with Gasteiger partial charge < -0.3 is 10.1 Å². The van der Waals surface area contributed by atoms with Gasteiger partial charge in [0, 0.05) is 5.56 Å². The smallest absolute Gasteiger partial charge is 0.328 e. The SMILES string of the molecule is CCCCOC(=O)C(CC(C)C)NC(=O)c1ccccc1. The summed E-state index contributed by atoms with van der Waals surface area (Å²) in [6.07, 6.45) is 2.38. The van der Waals surface area contributed by atoms with Gasteiger partial charge in [0.2, 0.25) is 0 Å². The quantitative estimate of drug-likeness (QED) is 0.591. The van der Waals surface area contributed by atoms with Crippen LogP contribution < -0.4 is 5.32 Å². The topological polar surface area (TPSA) is 55.4 Å². The third-order valence-electron chi connectivity index (χ3n) is 3.08. The highest BCUT2D eigenvalue weighted by molar-refractivity contribution is 5.96. The molecule has 1 aromatic rings. The molecule has 1 unspecified atom stereocenters. The number of carbonyl (C=O) groups excluding carboxylic acids is 2. The highest BCUT2D eigenvalue weighted by atomic mass is 16.5. The number of amides is 1. The van der Waals surface area contributed by atoms with E-state index >= 15 is 0 Å². The van der Waals surface area contributed by atoms with E-state index in [4.69, 9.17) is 4.74 Å². The van der Waals surface area contributed by atoms with E-state index in [1.54, 1.807) is 24.3 Å². The van der Waals surface area contributed by atoms with Crippen LogP contribution in [0.5, 0.6) is 0 Å². The second-order valence-electron chi connectivity index (χ2n) is 5.54. The molecule has 0 fully saturated rings. The summed E-state index contributed by atoms with van der Waals surface area (Å²) in [6, 6.07) is 8.31. The zero-order chi connectivity index (χ0) is 15.7. The maximum absolute atomic E-state index is 12.2. The fourth-order valence-electron chi connectivity index (χ4n) is 1.93. The molecule has 0 aliphatic rings. The second kappa shape index (κ2) is 9.16. The molecular weight excluding hydrogens is 266 g/mol. The predicted octanol–water partition coefficient (Wildman–Crippen LogP) is 3.17. The van der Waals surface area contributed by atoms with Crippen LogP contribution in [0, 0.1) is 5.92 Å². The number of rotatable bonds is 8. The molecule has 1 aromatic carbocycles. The summed E-state index contributed by atoms with van der Waals surface area (Å²) in [6.45, 7) is 6.48. The molecule has 21 heavy (non-hydrogen) atoms. The first-order valence-corrected chi connectivity index (χ1v) is 7.57. The Morgan fingerprint density at radius 2 is 1.86 bits per heavy atom. The fourth-order valence-corrected chi connectivity index (χ4v) is 1.93. The van der Waals surface area contributed by atoms with Crippen LogP contribution in [-0.4, -0.2) is 24.5 Å². The summed E-state index contributed by atoms with van der Waals surface area (Å²) in [5.41, 5.74) is 0.549. The van der Waals surface area contributed by atoms with Gasteiger partial charge in [-0.25, -0.2) is 4.79 Å². The van der Waals surface area contributed by atoms with Crippen LogP contribution in [0.3, 0.4) is 0 Å². The summed E-state index contributed by atoms with van der Waals surface area (Å²) < 4.78 is 5.23. The van der Waals surface area contributed by atoms with Crippen LogP contribution in [0.25, 0.3) is 0 Å². The summed E-state index contributed by atoms with van der Waals surface area (Å²) >= 11 is 0. The standard InChI is InChI=1S/C17H25NO3/c1-4-5-11-21-17(20)15(12-13(2)3)18-16(19)14-9-7-6-8-10-14/h6-10,13,15H,4-5,11-12H2,1-3H3,(H,18,19). The van der Waals surface area contributed by atoms with E-state index in [-0.39, 0.29) is 11.9 Å². The van der Waals surface area contributed by atoms with Crippen LogP contribution in [0.4, 0.5) is 0 Å². The van der Waals surface area contributed by atoms with Gasteiger partial charge >= 0.3 is 5.97 Å². The molecule has 0 radical (unpaired) electrons. The molecule has 1 N–H and O–H groups in total. The van der Waals surface area contributed by atoms with Crippen molar-refractivity contribution in [2.75, 3.05) is 6.61 Å². The predicted molar refractivity (Wildman–Crippen MR) is 83.0 cm³/mol. The first kappa shape index (κ1) is 17.2. The number of ether oxygens (including phenoxy) is 1. The molecule has 4 heteroatoms. The van der Waals surface area contributed by atoms with E-state index in [9.17, 15) is 9.59 Å². The molecule has 0 aliphatic heterocycles. The van der Waals surface area contributed by atoms with E-state index in [2.05, 4.69) is 5.32 Å². The number of benzene rings is 1. The molecule has 0 aliphatic carbocycles. The van der Waals surface area contributed by atoms with Gasteiger partial charge in [-0.3, -0.25) is 4.79 Å². The normalized spacial score (nSPS) is 12.0. The molecular formula is C17H25NO3. The summed E-state index contributed by atoms with van der Waals surface area (Å²) in [4.78, 5) is 24.2. The minimum Gasteiger partial charge on any atom is -0.464 e. The lowest BCUT2D eigenvalue weighted by Crippen LogP contribution is -2.42. The largest absolute Gasteiger partial charge is 0.464 e. The monoisotopic (exact) mass is 291 g/mol. The summed E-state index contributed by atoms with van der Waals surface area (Å²) in [5, 5.41) is 2.78. The highest BCUT2D eigenvalue weighted by Gasteiger charge is 2.23. The van der Waals surface area contributed by atoms with Gasteiger partial charge in [0.15, 0.2) is 0 Å². The molecule has 0 saturated heterocycles. The van der Waals surface area contributed by atoms with Crippen LogP contribution in [0.1, 0.15) is 50.4 Å². The molecule has 0 bridgehead atoms. The summed E-state index contributed by atoms with van der Waals surface area (Å²) in [7, 11) is 0. The minimum atomic E-state index is -0.588. The maximum Gasteiger partial charge on any atom is 0.328 e. The van der Waals surface area contributed by atoms with E-state index in [0.29, 0.717) is 24.5 Å². The number of carbonyl (C=O) groups is 2. The van der Waals surface area contributed by atoms with Gasteiger partial charge in [-0.1, -0.05) is 45.4 Å². The van der Waals surface area contributed by atoms with Crippen molar-refractivity contribution in [1.29, 1.82) is 0 Å². The molecule has 0 heterocycles. The van der Waals surface area contributed by atoms with Crippen LogP contribution in [0.2, 0.25) is 0 Å². The van der Waals surface area contributed by atoms with Crippen molar-refractivity contribution in [2.24, 2.45) is 5.92 Å². The van der Waals surface area contributed by atoms with Gasteiger partial charge in [-0.05, 0) is 30.9 Å². The van der Waals surface area contributed by atoms with Crippen LogP contribution in [-0.2, 0) is 9.53 Å². The van der Waals surface area contributed by atoms with Crippen molar-refractivity contribution in [3.05, 3.63) is 35.9 Å². The first-order valence-electron chi connectivity index (χ1n) is 7.57. The Kier molecular flexibility index (Phi) is 7.51. The molecule has 116 valence electrons. The number of esters is 1. The van der Waals surface area contributed by atoms with Gasteiger partial charge in [-0.15, -0.1) is 0 Å². The Morgan fingerprint density at radius 3 is 2.43 bits per heavy atom. The van der Waals surface area contributed by atoms with Gasteiger partial charge in [0.25, 0.3) is 5.91 Å². The minimum absolute atomic E-state index is 0.242. The lowest BCUT2D eigenvalue weighted by molar-refractivity contribution is -0.146. The van der Waals surface area contributed by atoms with E-state index in [1.165, 1.54) is 0 Å². The Hall–Kier alpha value is -1.84. The third-order valence-corrected chi connectivity index (χ3v) is 3.08. The van der Waals surface area contributed by atoms with Crippen LogP contribution >= 0.6 is 0 Å². The summed E-state index contributed by atoms with van der Waals surface area (Å²) in [5.74, 6) is -0.292. The fraction of sp³-hybridized carbons (Fsp3) is 0.529. The van der Waals surface area contributed by atoms with Crippen molar-refractivity contribution < 1.29 is 14.3 Å². The highest BCUT2D eigenvalue weighted by Crippen LogP contribution is 2.09. The molecule has 0 aromatic heterocycles. The Balaban J connectivity index is 2.65. The lowest BCUT2D eigenvalue weighted by Gasteiger charge is -2.19. The number of nitrogens with one attached hydrogen (secondary N) is 1. The first-order chi connectivity index (χ1) is 10.0. The Labute approximate surface area is 126 Å². The average molecular weight is 291 g/mol. The number of unbranched alkanes of at least 4 members (excludes halogenated alkanes) is 1. The van der Waals surface area contributed by atoms with Crippen molar-refractivity contribution in [3.8, 4) is 0 Å². The molecule has 0 spiro atoms. The Morgan fingerprint density at radius 1 is 1.19 bits per heavy atom. The van der Waals surface area contributed by atoms with Crippen molar-refractivity contribution >= 4 is 11.9 Å². The molecule has 4 nitrogen and oxygen atoms in total. The second-order valence-corrected chi connectivity index (χ2v) is 5.54. The molecule has 1 rings (SSSR count).